The third-order valence-corrected chi connectivity index (χ3v) is 10.3. The molecule has 0 aliphatic carbocycles. The van der Waals surface area contributed by atoms with Gasteiger partial charge >= 0.3 is 6.01 Å². The fourth-order valence-corrected chi connectivity index (χ4v) is 8.08. The van der Waals surface area contributed by atoms with E-state index in [0.29, 0.717) is 25.9 Å². The molecule has 2 aromatic carbocycles. The predicted octanol–water partition coefficient (Wildman–Crippen LogP) is 5.92. The summed E-state index contributed by atoms with van der Waals surface area (Å²) in [4.78, 5) is 28.2. The van der Waals surface area contributed by atoms with E-state index in [0.717, 1.165) is 36.8 Å². The van der Waals surface area contributed by atoms with Crippen LogP contribution in [0.15, 0.2) is 30.9 Å². The highest BCUT2D eigenvalue weighted by molar-refractivity contribution is 7.23. The second-order valence-corrected chi connectivity index (χ2v) is 13.1. The molecule has 10 nitrogen and oxygen atoms in total. The number of rotatable bonds is 7. The van der Waals surface area contributed by atoms with E-state index in [9.17, 15) is 18.8 Å². The number of nitrogens with two attached hydrogens (primary N) is 1. The second-order valence-electron chi connectivity index (χ2n) is 12.0. The maximum Gasteiger partial charge on any atom is 0.320 e. The van der Waals surface area contributed by atoms with Crippen molar-refractivity contribution in [3.8, 4) is 29.1 Å². The molecule has 3 aliphatic heterocycles. The van der Waals surface area contributed by atoms with E-state index in [4.69, 9.17) is 21.8 Å². The molecule has 47 heavy (non-hydrogen) atoms. The van der Waals surface area contributed by atoms with Gasteiger partial charge in [-0.15, -0.1) is 11.3 Å². The van der Waals surface area contributed by atoms with Crippen molar-refractivity contribution in [2.45, 2.75) is 43.5 Å². The highest BCUT2D eigenvalue weighted by Gasteiger charge is 2.49. The van der Waals surface area contributed by atoms with Gasteiger partial charge in [-0.3, -0.25) is 9.69 Å². The number of nitrogen functional groups attached to an aromatic ring is 1. The van der Waals surface area contributed by atoms with Crippen molar-refractivity contribution in [3.05, 3.63) is 59.5 Å². The Morgan fingerprint density at radius 3 is 2.91 bits per heavy atom. The van der Waals surface area contributed by atoms with E-state index in [1.807, 2.05) is 6.07 Å². The van der Waals surface area contributed by atoms with Gasteiger partial charge in [-0.1, -0.05) is 12.6 Å². The first kappa shape index (κ1) is 30.7. The molecule has 3 saturated heterocycles. The number of thiophene rings is 1. The van der Waals surface area contributed by atoms with Crippen molar-refractivity contribution in [1.29, 1.82) is 5.26 Å². The van der Waals surface area contributed by atoms with Crippen LogP contribution >= 0.6 is 11.3 Å². The van der Waals surface area contributed by atoms with Crippen LogP contribution in [0.25, 0.3) is 37.0 Å². The van der Waals surface area contributed by atoms with Crippen molar-refractivity contribution in [2.24, 2.45) is 0 Å². The smallest absolute Gasteiger partial charge is 0.320 e. The molecule has 2 N–H and O–H groups in total. The first-order chi connectivity index (χ1) is 22.7. The summed E-state index contributed by atoms with van der Waals surface area (Å²) in [6.45, 7) is 13.0. The number of anilines is 1. The van der Waals surface area contributed by atoms with Crippen molar-refractivity contribution < 1.29 is 27.4 Å². The monoisotopic (exact) mass is 659 g/mol. The van der Waals surface area contributed by atoms with Crippen molar-refractivity contribution in [1.82, 2.24) is 19.8 Å². The summed E-state index contributed by atoms with van der Waals surface area (Å²) in [5.74, 6) is -1.86. The standard InChI is InChI=1S/C33H28F3N7O3S/c1-3-23(44)42-10-7-19(15-42)46-31-21-11-17(13-37)24(20-5-6-22(35)29-25(20)28(39-2)30(38)47-29)26(36)27(21)40-32(41-31)45-16-33-8-4-9-43(33)14-18(34)12-33/h3,5-6,11,18-19H,1,4,7-10,12,14-16,38H2/t18-,19-,33+/m1/s1. The average molecular weight is 660 g/mol. The number of nitriles is 1. The zero-order chi connectivity index (χ0) is 33.0. The van der Waals surface area contributed by atoms with Crippen LogP contribution in [0, 0.1) is 29.5 Å². The maximum atomic E-state index is 16.9. The number of likely N-dealkylation sites (tertiary alicyclic amines) is 1. The number of hydrogen-bond donors (Lipinski definition) is 1. The second kappa shape index (κ2) is 11.7. The van der Waals surface area contributed by atoms with Crippen LogP contribution in [0.1, 0.15) is 31.2 Å². The minimum absolute atomic E-state index is 0.0402. The molecule has 0 radical (unpaired) electrons. The summed E-state index contributed by atoms with van der Waals surface area (Å²) in [5.41, 5.74) is 5.03. The number of aromatic nitrogens is 2. The average Bonchev–Trinajstić information content (AvgIpc) is 3.83. The van der Waals surface area contributed by atoms with Crippen LogP contribution in [0.2, 0.25) is 0 Å². The summed E-state index contributed by atoms with van der Waals surface area (Å²) in [6.07, 6.45) is 2.13. The van der Waals surface area contributed by atoms with E-state index in [-0.39, 0.29) is 79.3 Å². The van der Waals surface area contributed by atoms with Crippen molar-refractivity contribution in [3.63, 3.8) is 0 Å². The van der Waals surface area contributed by atoms with Gasteiger partial charge in [-0.05, 0) is 43.2 Å². The number of benzene rings is 2. The van der Waals surface area contributed by atoms with Crippen LogP contribution in [0.3, 0.4) is 0 Å². The lowest BCUT2D eigenvalue weighted by Crippen LogP contribution is -2.43. The summed E-state index contributed by atoms with van der Waals surface area (Å²) in [5, 5.41) is 10.5. The van der Waals surface area contributed by atoms with Gasteiger partial charge in [-0.25, -0.2) is 18.0 Å². The van der Waals surface area contributed by atoms with Crippen molar-refractivity contribution >= 4 is 48.9 Å². The van der Waals surface area contributed by atoms with E-state index in [2.05, 4.69) is 26.3 Å². The molecule has 0 bridgehead atoms. The first-order valence-electron chi connectivity index (χ1n) is 15.1. The number of ether oxygens (including phenoxy) is 2. The Labute approximate surface area is 271 Å². The number of alkyl halides is 1. The Hall–Kier alpha value is -4.92. The zero-order valence-corrected chi connectivity index (χ0v) is 25.9. The van der Waals surface area contributed by atoms with Crippen LogP contribution in [-0.2, 0) is 4.79 Å². The van der Waals surface area contributed by atoms with E-state index >= 15 is 4.39 Å². The van der Waals surface area contributed by atoms with Crippen LogP contribution < -0.4 is 15.2 Å². The number of fused-ring (bicyclic) bond motifs is 3. The number of carbonyl (C=O) groups is 1. The lowest BCUT2D eigenvalue weighted by atomic mass is 9.94. The molecule has 0 saturated carbocycles. The first-order valence-corrected chi connectivity index (χ1v) is 15.9. The third kappa shape index (κ3) is 5.08. The summed E-state index contributed by atoms with van der Waals surface area (Å²) < 4.78 is 58.6. The van der Waals surface area contributed by atoms with E-state index < -0.39 is 29.4 Å². The molecule has 1 amide bonds. The quantitative estimate of drug-likeness (QED) is 0.192. The molecular formula is C33H28F3N7O3S. The molecule has 4 aromatic rings. The van der Waals surface area contributed by atoms with Gasteiger partial charge in [0.05, 0.1) is 45.4 Å². The predicted molar refractivity (Wildman–Crippen MR) is 170 cm³/mol. The number of halogens is 3. The topological polar surface area (TPSA) is 122 Å². The van der Waals surface area contributed by atoms with Crippen molar-refractivity contribution in [2.75, 3.05) is 38.5 Å². The zero-order valence-electron chi connectivity index (χ0n) is 25.1. The maximum absolute atomic E-state index is 16.9. The SMILES string of the molecule is [C-]#[N+]c1c(N)sc2c(F)ccc(-c3c(C#N)cc4c(O[C@@H]5CCN(C(=O)C=C)C5)nc(OC[C@@]56CCCN5C[C@H](F)C6)nc4c3F)c12. The van der Waals surface area contributed by atoms with Gasteiger partial charge in [-0.2, -0.15) is 15.2 Å². The molecule has 0 unspecified atom stereocenters. The molecule has 0 spiro atoms. The Kier molecular flexibility index (Phi) is 7.65. The number of hydrogen-bond acceptors (Lipinski definition) is 9. The Bertz CT molecular complexity index is 2060. The Morgan fingerprint density at radius 2 is 2.15 bits per heavy atom. The molecule has 240 valence electrons. The van der Waals surface area contributed by atoms with Crippen LogP contribution in [0.5, 0.6) is 11.9 Å². The summed E-state index contributed by atoms with van der Waals surface area (Å²) in [7, 11) is 0. The van der Waals surface area contributed by atoms with E-state index in [1.165, 1.54) is 18.2 Å². The fraction of sp³-hybridized carbons (Fsp3) is 0.364. The number of carbonyl (C=O) groups excluding carboxylic acids is 1. The molecule has 14 heteroatoms. The number of amides is 1. The molecule has 3 atom stereocenters. The van der Waals surface area contributed by atoms with Crippen LogP contribution in [-0.4, -0.2) is 76.3 Å². The van der Waals surface area contributed by atoms with Gasteiger partial charge in [0, 0.05) is 36.9 Å². The lowest BCUT2D eigenvalue weighted by Gasteiger charge is -2.30. The summed E-state index contributed by atoms with van der Waals surface area (Å²) >= 11 is 0.867. The Morgan fingerprint density at radius 1 is 1.32 bits per heavy atom. The van der Waals surface area contributed by atoms with Gasteiger partial charge in [0.25, 0.3) is 0 Å². The molecule has 3 aliphatic rings. The van der Waals surface area contributed by atoms with Gasteiger partial charge < -0.3 is 20.1 Å². The van der Waals surface area contributed by atoms with Gasteiger partial charge in [0.1, 0.15) is 30.2 Å². The third-order valence-electron chi connectivity index (χ3n) is 9.31. The highest BCUT2D eigenvalue weighted by atomic mass is 32.1. The molecule has 5 heterocycles. The van der Waals surface area contributed by atoms with Crippen LogP contribution in [0.4, 0.5) is 23.9 Å². The molecule has 7 rings (SSSR count). The minimum atomic E-state index is -0.984. The lowest BCUT2D eigenvalue weighted by molar-refractivity contribution is -0.125. The normalized spacial score (nSPS) is 22.4. The fourth-order valence-electron chi connectivity index (χ4n) is 7.14. The highest BCUT2D eigenvalue weighted by Crippen LogP contribution is 2.48. The molecule has 3 fully saturated rings. The van der Waals surface area contributed by atoms with Gasteiger partial charge in [0.2, 0.25) is 17.5 Å². The summed E-state index contributed by atoms with van der Waals surface area (Å²) in [6, 6.07) is 5.65. The molecular weight excluding hydrogens is 631 g/mol. The number of nitrogens with zero attached hydrogens (tertiary/aromatic N) is 6. The van der Waals surface area contributed by atoms with E-state index in [1.54, 1.807) is 4.90 Å². The van der Waals surface area contributed by atoms with Gasteiger partial charge in [0.15, 0.2) is 5.82 Å². The minimum Gasteiger partial charge on any atom is -0.472 e. The largest absolute Gasteiger partial charge is 0.472 e. The Balaban J connectivity index is 1.37. The molecule has 2 aromatic heterocycles.